The molecule has 0 saturated carbocycles. The molecule has 8 heteroatoms. The summed E-state index contributed by atoms with van der Waals surface area (Å²) in [5, 5.41) is 0.225. The van der Waals surface area contributed by atoms with E-state index in [9.17, 15) is 8.42 Å². The minimum absolute atomic E-state index is 0.00699. The van der Waals surface area contributed by atoms with Crippen LogP contribution in [0.15, 0.2) is 41.8 Å². The Morgan fingerprint density at radius 1 is 1.12 bits per heavy atom. The van der Waals surface area contributed by atoms with Crippen molar-refractivity contribution in [1.29, 1.82) is 0 Å². The lowest BCUT2D eigenvalue weighted by molar-refractivity contribution is 0.600. The van der Waals surface area contributed by atoms with Crippen molar-refractivity contribution in [2.45, 2.75) is 4.90 Å². The van der Waals surface area contributed by atoms with Gasteiger partial charge in [0.2, 0.25) is 0 Å². The molecule has 2 aromatic heterocycles. The molecule has 0 aromatic carbocycles. The average molecular weight is 271 g/mol. The number of aromatic nitrogens is 3. The molecule has 0 spiro atoms. The fourth-order valence-corrected chi connectivity index (χ4v) is 2.12. The second-order valence-corrected chi connectivity index (χ2v) is 5.08. The summed E-state index contributed by atoms with van der Waals surface area (Å²) in [6.07, 6.45) is 5.31. The lowest BCUT2D eigenvalue weighted by atomic mass is 10.5. The zero-order chi connectivity index (χ0) is 12.3. The van der Waals surface area contributed by atoms with Crippen molar-refractivity contribution in [2.24, 2.45) is 0 Å². The fraction of sp³-hybridized carbons (Fsp3) is 0. The molecule has 0 aliphatic heterocycles. The number of anilines is 1. The summed E-state index contributed by atoms with van der Waals surface area (Å²) in [4.78, 5) is 11.3. The summed E-state index contributed by atoms with van der Waals surface area (Å²) in [5.41, 5.74) is 0. The molecule has 0 amide bonds. The van der Waals surface area contributed by atoms with Crippen LogP contribution < -0.4 is 4.72 Å². The quantitative estimate of drug-likeness (QED) is 0.851. The van der Waals surface area contributed by atoms with Crippen LogP contribution >= 0.6 is 11.6 Å². The first kappa shape index (κ1) is 11.7. The van der Waals surface area contributed by atoms with Crippen LogP contribution in [-0.4, -0.2) is 23.4 Å². The van der Waals surface area contributed by atoms with E-state index in [1.54, 1.807) is 0 Å². The fourth-order valence-electron chi connectivity index (χ4n) is 1.07. The summed E-state index contributed by atoms with van der Waals surface area (Å²) in [6.45, 7) is 0. The van der Waals surface area contributed by atoms with E-state index in [1.165, 1.54) is 36.9 Å². The monoisotopic (exact) mass is 270 g/mol. The maximum Gasteiger partial charge on any atom is 0.264 e. The molecule has 0 saturated heterocycles. The van der Waals surface area contributed by atoms with Crippen molar-refractivity contribution < 1.29 is 8.42 Å². The van der Waals surface area contributed by atoms with Gasteiger partial charge in [-0.1, -0.05) is 11.6 Å². The molecule has 6 nitrogen and oxygen atoms in total. The van der Waals surface area contributed by atoms with Crippen molar-refractivity contribution in [3.63, 3.8) is 0 Å². The largest absolute Gasteiger partial charge is 0.264 e. The molecule has 88 valence electrons. The first-order chi connectivity index (χ1) is 8.08. The van der Waals surface area contributed by atoms with Crippen molar-refractivity contribution in [2.75, 3.05) is 4.72 Å². The van der Waals surface area contributed by atoms with Gasteiger partial charge in [-0.15, -0.1) is 0 Å². The topological polar surface area (TPSA) is 84.8 Å². The number of hydrogen-bond donors (Lipinski definition) is 1. The van der Waals surface area contributed by atoms with Gasteiger partial charge in [0.15, 0.2) is 5.82 Å². The molecule has 0 radical (unpaired) electrons. The minimum atomic E-state index is -3.70. The lowest BCUT2D eigenvalue weighted by Gasteiger charge is -2.05. The average Bonchev–Trinajstić information content (AvgIpc) is 2.30. The molecular weight excluding hydrogens is 264 g/mol. The van der Waals surface area contributed by atoms with Gasteiger partial charge in [-0.05, 0) is 12.1 Å². The van der Waals surface area contributed by atoms with Crippen LogP contribution in [0.2, 0.25) is 5.15 Å². The number of sulfonamides is 1. The number of pyridine rings is 1. The van der Waals surface area contributed by atoms with Crippen LogP contribution in [0.3, 0.4) is 0 Å². The first-order valence-electron chi connectivity index (χ1n) is 4.48. The normalized spacial score (nSPS) is 11.1. The SMILES string of the molecule is O=S(=O)(Nc1cnccn1)c1ccc(Cl)nc1. The van der Waals surface area contributed by atoms with E-state index in [-0.39, 0.29) is 15.9 Å². The molecule has 0 unspecified atom stereocenters. The Morgan fingerprint density at radius 3 is 2.53 bits per heavy atom. The van der Waals surface area contributed by atoms with E-state index in [2.05, 4.69) is 19.7 Å². The highest BCUT2D eigenvalue weighted by Crippen LogP contribution is 2.14. The van der Waals surface area contributed by atoms with Gasteiger partial charge in [0.25, 0.3) is 10.0 Å². The number of rotatable bonds is 3. The Hall–Kier alpha value is -1.73. The number of nitrogens with one attached hydrogen (secondary N) is 1. The Bertz CT molecular complexity index is 601. The smallest absolute Gasteiger partial charge is 0.262 e. The molecule has 0 aliphatic carbocycles. The summed E-state index contributed by atoms with van der Waals surface area (Å²) in [7, 11) is -3.70. The number of halogens is 1. The van der Waals surface area contributed by atoms with Crippen molar-refractivity contribution in [1.82, 2.24) is 15.0 Å². The van der Waals surface area contributed by atoms with Crippen LogP contribution in [0.5, 0.6) is 0 Å². The van der Waals surface area contributed by atoms with E-state index in [0.717, 1.165) is 0 Å². The second-order valence-electron chi connectivity index (χ2n) is 3.01. The van der Waals surface area contributed by atoms with Crippen LogP contribution in [-0.2, 0) is 10.0 Å². The molecular formula is C9H7ClN4O2S. The third-order valence-electron chi connectivity index (χ3n) is 1.81. The zero-order valence-corrected chi connectivity index (χ0v) is 9.98. The number of hydrogen-bond acceptors (Lipinski definition) is 5. The standard InChI is InChI=1S/C9H7ClN4O2S/c10-8-2-1-7(5-13-8)17(15,16)14-9-6-11-3-4-12-9/h1-6H,(H,12,14). The third-order valence-corrected chi connectivity index (χ3v) is 3.38. The maximum absolute atomic E-state index is 11.9. The lowest BCUT2D eigenvalue weighted by Crippen LogP contribution is -2.14. The summed E-state index contributed by atoms with van der Waals surface area (Å²) >= 11 is 5.57. The van der Waals surface area contributed by atoms with Crippen LogP contribution in [0.4, 0.5) is 5.82 Å². The Labute approximate surface area is 103 Å². The van der Waals surface area contributed by atoms with E-state index in [0.29, 0.717) is 0 Å². The minimum Gasteiger partial charge on any atom is -0.262 e. The van der Waals surface area contributed by atoms with Crippen LogP contribution in [0, 0.1) is 0 Å². The highest BCUT2D eigenvalue weighted by Gasteiger charge is 2.14. The third kappa shape index (κ3) is 2.89. The molecule has 0 aliphatic rings. The van der Waals surface area contributed by atoms with Gasteiger partial charge in [-0.2, -0.15) is 0 Å². The van der Waals surface area contributed by atoms with Gasteiger partial charge in [0.05, 0.1) is 6.20 Å². The second kappa shape index (κ2) is 4.64. The molecule has 0 atom stereocenters. The first-order valence-corrected chi connectivity index (χ1v) is 6.34. The molecule has 0 bridgehead atoms. The predicted octanol–water partition coefficient (Wildman–Crippen LogP) is 1.33. The van der Waals surface area contributed by atoms with Gasteiger partial charge < -0.3 is 0 Å². The highest BCUT2D eigenvalue weighted by atomic mass is 35.5. The summed E-state index contributed by atoms with van der Waals surface area (Å²) in [5.74, 6) is 0.141. The predicted molar refractivity (Wildman–Crippen MR) is 62.1 cm³/mol. The summed E-state index contributed by atoms with van der Waals surface area (Å²) in [6, 6.07) is 2.75. The molecule has 1 N–H and O–H groups in total. The molecule has 17 heavy (non-hydrogen) atoms. The molecule has 0 fully saturated rings. The Kier molecular flexibility index (Phi) is 3.21. The van der Waals surface area contributed by atoms with Crippen molar-refractivity contribution in [3.8, 4) is 0 Å². The van der Waals surface area contributed by atoms with Gasteiger partial charge in [0, 0.05) is 18.6 Å². The van der Waals surface area contributed by atoms with Gasteiger partial charge in [-0.25, -0.2) is 18.4 Å². The molecule has 2 rings (SSSR count). The molecule has 2 aromatic rings. The Balaban J connectivity index is 2.29. The van der Waals surface area contributed by atoms with E-state index >= 15 is 0 Å². The van der Waals surface area contributed by atoms with Gasteiger partial charge >= 0.3 is 0 Å². The zero-order valence-electron chi connectivity index (χ0n) is 8.41. The molecule has 2 heterocycles. The number of nitrogens with zero attached hydrogens (tertiary/aromatic N) is 3. The van der Waals surface area contributed by atoms with Crippen molar-refractivity contribution >= 4 is 27.4 Å². The van der Waals surface area contributed by atoms with E-state index < -0.39 is 10.0 Å². The van der Waals surface area contributed by atoms with Crippen molar-refractivity contribution in [3.05, 3.63) is 42.1 Å². The Morgan fingerprint density at radius 2 is 1.94 bits per heavy atom. The maximum atomic E-state index is 11.9. The van der Waals surface area contributed by atoms with E-state index in [1.807, 2.05) is 0 Å². The highest BCUT2D eigenvalue weighted by molar-refractivity contribution is 7.92. The van der Waals surface area contributed by atoms with E-state index in [4.69, 9.17) is 11.6 Å². The van der Waals surface area contributed by atoms with Crippen LogP contribution in [0.1, 0.15) is 0 Å². The summed E-state index contributed by atoms with van der Waals surface area (Å²) < 4.78 is 26.0. The van der Waals surface area contributed by atoms with Gasteiger partial charge in [-0.3, -0.25) is 9.71 Å². The van der Waals surface area contributed by atoms with Gasteiger partial charge in [0.1, 0.15) is 10.0 Å². The van der Waals surface area contributed by atoms with Crippen LogP contribution in [0.25, 0.3) is 0 Å².